The number of hydrogen-bond donors (Lipinski definition) is 2. The van der Waals surface area contributed by atoms with Crippen LogP contribution in [0.15, 0.2) is 47.1 Å². The van der Waals surface area contributed by atoms with Crippen LogP contribution >= 0.6 is 15.9 Å². The lowest BCUT2D eigenvalue weighted by molar-refractivity contribution is 0.0695. The third-order valence-electron chi connectivity index (χ3n) is 2.52. The minimum atomic E-state index is -1.10. The molecule has 108 valence electrons. The summed E-state index contributed by atoms with van der Waals surface area (Å²) in [6.07, 6.45) is -0.665. The van der Waals surface area contributed by atoms with Crippen molar-refractivity contribution in [3.63, 3.8) is 0 Å². The molecule has 6 nitrogen and oxygen atoms in total. The summed E-state index contributed by atoms with van der Waals surface area (Å²) in [7, 11) is 0. The Morgan fingerprint density at radius 2 is 1.90 bits per heavy atom. The number of ether oxygens (including phenoxy) is 1. The molecule has 2 rings (SSSR count). The van der Waals surface area contributed by atoms with Gasteiger partial charge < -0.3 is 9.84 Å². The molecule has 2 N–H and O–H groups in total. The van der Waals surface area contributed by atoms with Crippen LogP contribution in [0.1, 0.15) is 15.9 Å². The molecule has 0 fully saturated rings. The average Bonchev–Trinajstić information content (AvgIpc) is 2.46. The molecular weight excluding hydrogens is 340 g/mol. The van der Waals surface area contributed by atoms with E-state index in [0.29, 0.717) is 0 Å². The van der Waals surface area contributed by atoms with Gasteiger partial charge in [-0.05, 0) is 33.6 Å². The zero-order valence-corrected chi connectivity index (χ0v) is 12.3. The highest BCUT2D eigenvalue weighted by Crippen LogP contribution is 2.17. The highest BCUT2D eigenvalue weighted by molar-refractivity contribution is 9.10. The molecule has 2 aromatic rings. The van der Waals surface area contributed by atoms with E-state index in [1.165, 1.54) is 12.1 Å². The standard InChI is InChI=1S/C14H11BrN2O4/c15-12-10(13(18)19)6-7-11(16-12)17-14(20)21-8-9-4-2-1-3-5-9/h1-7H,8H2,(H,18,19)(H,16,17,20). The Kier molecular flexibility index (Phi) is 4.89. The largest absolute Gasteiger partial charge is 0.478 e. The Labute approximate surface area is 128 Å². The maximum absolute atomic E-state index is 11.6. The van der Waals surface area contributed by atoms with Crippen LogP contribution in [-0.4, -0.2) is 22.2 Å². The van der Waals surface area contributed by atoms with Crippen molar-refractivity contribution in [3.05, 3.63) is 58.2 Å². The van der Waals surface area contributed by atoms with Gasteiger partial charge in [0.15, 0.2) is 0 Å². The molecule has 0 saturated heterocycles. The summed E-state index contributed by atoms with van der Waals surface area (Å²) in [6, 6.07) is 12.0. The molecule has 1 aromatic heterocycles. The predicted octanol–water partition coefficient (Wildman–Crippen LogP) is 3.29. The quantitative estimate of drug-likeness (QED) is 0.826. The number of pyridine rings is 1. The third kappa shape index (κ3) is 4.28. The Morgan fingerprint density at radius 3 is 2.52 bits per heavy atom. The van der Waals surface area contributed by atoms with E-state index in [4.69, 9.17) is 9.84 Å². The van der Waals surface area contributed by atoms with Crippen LogP contribution in [0.5, 0.6) is 0 Å². The van der Waals surface area contributed by atoms with Crippen LogP contribution in [0, 0.1) is 0 Å². The molecule has 7 heteroatoms. The number of carboxylic acids is 1. The van der Waals surface area contributed by atoms with Gasteiger partial charge in [0.25, 0.3) is 0 Å². The molecule has 21 heavy (non-hydrogen) atoms. The molecule has 0 aliphatic rings. The summed E-state index contributed by atoms with van der Waals surface area (Å²) in [6.45, 7) is 0.140. The van der Waals surface area contributed by atoms with Crippen LogP contribution in [0.3, 0.4) is 0 Å². The van der Waals surface area contributed by atoms with E-state index in [1.54, 1.807) is 0 Å². The van der Waals surface area contributed by atoms with Gasteiger partial charge in [0.2, 0.25) is 0 Å². The number of hydrogen-bond acceptors (Lipinski definition) is 4. The van der Waals surface area contributed by atoms with E-state index >= 15 is 0 Å². The maximum Gasteiger partial charge on any atom is 0.413 e. The Bertz CT molecular complexity index is 661. The minimum absolute atomic E-state index is 0.0122. The van der Waals surface area contributed by atoms with Crippen molar-refractivity contribution in [2.24, 2.45) is 0 Å². The second kappa shape index (κ2) is 6.85. The van der Waals surface area contributed by atoms with Crippen molar-refractivity contribution in [1.29, 1.82) is 0 Å². The predicted molar refractivity (Wildman–Crippen MR) is 79.1 cm³/mol. The molecule has 0 saturated carbocycles. The number of carbonyl (C=O) groups is 2. The lowest BCUT2D eigenvalue weighted by Crippen LogP contribution is -2.15. The van der Waals surface area contributed by atoms with Gasteiger partial charge in [0.05, 0.1) is 5.56 Å². The van der Waals surface area contributed by atoms with E-state index in [2.05, 4.69) is 26.2 Å². The summed E-state index contributed by atoms with van der Waals surface area (Å²) < 4.78 is 5.16. The van der Waals surface area contributed by atoms with Gasteiger partial charge in [-0.25, -0.2) is 14.6 Å². The van der Waals surface area contributed by atoms with Crippen molar-refractivity contribution in [3.8, 4) is 0 Å². The number of aromatic carboxylic acids is 1. The first-order valence-corrected chi connectivity index (χ1v) is 6.73. The molecule has 1 aromatic carbocycles. The molecule has 0 aliphatic heterocycles. The van der Waals surface area contributed by atoms with Gasteiger partial charge in [-0.3, -0.25) is 5.32 Å². The van der Waals surface area contributed by atoms with Crippen molar-refractivity contribution < 1.29 is 19.4 Å². The Hall–Kier alpha value is -2.41. The van der Waals surface area contributed by atoms with E-state index in [9.17, 15) is 9.59 Å². The summed E-state index contributed by atoms with van der Waals surface area (Å²) in [5.74, 6) is -0.905. The number of aromatic nitrogens is 1. The molecule has 0 radical (unpaired) electrons. The number of rotatable bonds is 4. The molecule has 0 unspecified atom stereocenters. The maximum atomic E-state index is 11.6. The fraction of sp³-hybridized carbons (Fsp3) is 0.0714. The fourth-order valence-corrected chi connectivity index (χ4v) is 2.02. The number of halogens is 1. The number of amides is 1. The summed E-state index contributed by atoms with van der Waals surface area (Å²) in [4.78, 5) is 26.4. The van der Waals surface area contributed by atoms with Gasteiger partial charge in [0.1, 0.15) is 17.0 Å². The van der Waals surface area contributed by atoms with Gasteiger partial charge in [0, 0.05) is 0 Å². The Morgan fingerprint density at radius 1 is 1.19 bits per heavy atom. The van der Waals surface area contributed by atoms with E-state index in [-0.39, 0.29) is 22.6 Å². The molecule has 0 atom stereocenters. The summed E-state index contributed by atoms with van der Waals surface area (Å²) in [5.41, 5.74) is 0.876. The second-order valence-electron chi connectivity index (χ2n) is 4.03. The number of anilines is 1. The minimum Gasteiger partial charge on any atom is -0.478 e. The summed E-state index contributed by atoms with van der Waals surface area (Å²) in [5, 5.41) is 11.3. The van der Waals surface area contributed by atoms with Gasteiger partial charge in [-0.15, -0.1) is 0 Å². The number of benzene rings is 1. The first-order valence-electron chi connectivity index (χ1n) is 5.94. The Balaban J connectivity index is 1.94. The highest BCUT2D eigenvalue weighted by Gasteiger charge is 2.11. The topological polar surface area (TPSA) is 88.5 Å². The van der Waals surface area contributed by atoms with Crippen molar-refractivity contribution in [2.45, 2.75) is 6.61 Å². The van der Waals surface area contributed by atoms with Crippen LogP contribution in [0.4, 0.5) is 10.6 Å². The van der Waals surface area contributed by atoms with E-state index in [1.807, 2.05) is 30.3 Å². The zero-order valence-electron chi connectivity index (χ0n) is 10.7. The average molecular weight is 351 g/mol. The first-order chi connectivity index (χ1) is 10.1. The number of carboxylic acid groups (broad SMARTS) is 1. The van der Waals surface area contributed by atoms with E-state index < -0.39 is 12.1 Å². The number of nitrogens with zero attached hydrogens (tertiary/aromatic N) is 1. The van der Waals surface area contributed by atoms with Crippen LogP contribution < -0.4 is 5.32 Å². The SMILES string of the molecule is O=C(Nc1ccc(C(=O)O)c(Br)n1)OCc1ccccc1. The summed E-state index contributed by atoms with van der Waals surface area (Å²) >= 11 is 3.03. The fourth-order valence-electron chi connectivity index (χ4n) is 1.53. The zero-order chi connectivity index (χ0) is 15.2. The first kappa shape index (κ1) is 15.0. The highest BCUT2D eigenvalue weighted by atomic mass is 79.9. The van der Waals surface area contributed by atoms with Crippen LogP contribution in [-0.2, 0) is 11.3 Å². The van der Waals surface area contributed by atoms with Gasteiger partial charge in [-0.1, -0.05) is 30.3 Å². The molecule has 0 aliphatic carbocycles. The molecule has 0 bridgehead atoms. The molecule has 1 amide bonds. The monoisotopic (exact) mass is 350 g/mol. The van der Waals surface area contributed by atoms with Gasteiger partial charge in [-0.2, -0.15) is 0 Å². The molecular formula is C14H11BrN2O4. The lowest BCUT2D eigenvalue weighted by Gasteiger charge is -2.07. The van der Waals surface area contributed by atoms with E-state index in [0.717, 1.165) is 5.56 Å². The smallest absolute Gasteiger partial charge is 0.413 e. The van der Waals surface area contributed by atoms with Crippen LogP contribution in [0.25, 0.3) is 0 Å². The van der Waals surface area contributed by atoms with Crippen LogP contribution in [0.2, 0.25) is 0 Å². The lowest BCUT2D eigenvalue weighted by atomic mass is 10.2. The number of carbonyl (C=O) groups excluding carboxylic acids is 1. The molecule has 1 heterocycles. The van der Waals surface area contributed by atoms with Crippen molar-refractivity contribution in [1.82, 2.24) is 4.98 Å². The van der Waals surface area contributed by atoms with Gasteiger partial charge >= 0.3 is 12.1 Å². The molecule has 0 spiro atoms. The van der Waals surface area contributed by atoms with Crippen molar-refractivity contribution >= 4 is 33.8 Å². The van der Waals surface area contributed by atoms with Crippen molar-refractivity contribution in [2.75, 3.05) is 5.32 Å². The number of nitrogens with one attached hydrogen (secondary N) is 1. The second-order valence-corrected chi connectivity index (χ2v) is 4.78. The third-order valence-corrected chi connectivity index (χ3v) is 3.13. The normalized spacial score (nSPS) is 9.95.